The number of nitrogens with zero attached hydrogens (tertiary/aromatic N) is 2. The Bertz CT molecular complexity index is 406. The van der Waals surface area contributed by atoms with E-state index in [9.17, 15) is 9.59 Å². The number of carbonyl (C=O) groups is 2. The highest BCUT2D eigenvalue weighted by molar-refractivity contribution is 5.59. The standard InChI is InChI=1S/C9H13NO.C6H10O.C3H3N.CH4/c10-7-3-6-9(8-11)4-1-2-5-9;7-5-6-3-1-2-4-6;1-2-3-4;/h8H,1-6H2;5-6H,1-4H2;2H,1H2;1H4. The number of carbonyl (C=O) groups excluding carboxylic acids is 2. The van der Waals surface area contributed by atoms with Crippen molar-refractivity contribution in [3.05, 3.63) is 12.7 Å². The number of aldehydes is 2. The van der Waals surface area contributed by atoms with Gasteiger partial charge in [-0.15, -0.1) is 0 Å². The molecule has 4 nitrogen and oxygen atoms in total. The number of hydrogen-bond acceptors (Lipinski definition) is 4. The summed E-state index contributed by atoms with van der Waals surface area (Å²) >= 11 is 0. The van der Waals surface area contributed by atoms with Gasteiger partial charge in [-0.05, 0) is 32.1 Å². The van der Waals surface area contributed by atoms with E-state index in [1.54, 1.807) is 6.07 Å². The van der Waals surface area contributed by atoms with E-state index in [2.05, 4.69) is 12.6 Å². The zero-order valence-electron chi connectivity index (χ0n) is 13.3. The normalized spacial score (nSPS) is 17.7. The highest BCUT2D eigenvalue weighted by atomic mass is 16.1. The monoisotopic (exact) mass is 318 g/mol. The minimum absolute atomic E-state index is 0. The lowest BCUT2D eigenvalue weighted by Crippen LogP contribution is -2.17. The molecular formula is C19H30N2O2. The number of nitriles is 2. The summed E-state index contributed by atoms with van der Waals surface area (Å²) in [4.78, 5) is 20.7. The lowest BCUT2D eigenvalue weighted by Gasteiger charge is -2.19. The molecule has 2 saturated carbocycles. The van der Waals surface area contributed by atoms with Crippen LogP contribution in [0.5, 0.6) is 0 Å². The van der Waals surface area contributed by atoms with E-state index in [0.717, 1.165) is 57.5 Å². The summed E-state index contributed by atoms with van der Waals surface area (Å²) in [5.41, 5.74) is -0.115. The fraction of sp³-hybridized carbons (Fsp3) is 0.684. The average Bonchev–Trinajstić information content (AvgIpc) is 3.25. The largest absolute Gasteiger partial charge is 0.303 e. The van der Waals surface area contributed by atoms with Gasteiger partial charge in [0, 0.05) is 23.8 Å². The van der Waals surface area contributed by atoms with Crippen LogP contribution in [0.3, 0.4) is 0 Å². The van der Waals surface area contributed by atoms with Gasteiger partial charge >= 0.3 is 0 Å². The molecule has 0 amide bonds. The van der Waals surface area contributed by atoms with Crippen molar-refractivity contribution >= 4 is 12.6 Å². The number of allylic oxidation sites excluding steroid dienone is 1. The average molecular weight is 318 g/mol. The second-order valence-corrected chi connectivity index (χ2v) is 5.86. The van der Waals surface area contributed by atoms with Crippen LogP contribution in [0.2, 0.25) is 0 Å². The van der Waals surface area contributed by atoms with E-state index < -0.39 is 0 Å². The molecule has 0 bridgehead atoms. The summed E-state index contributed by atoms with van der Waals surface area (Å²) in [5.74, 6) is 0.417. The molecule has 0 aromatic heterocycles. The lowest BCUT2D eigenvalue weighted by molar-refractivity contribution is -0.116. The van der Waals surface area contributed by atoms with E-state index in [1.807, 2.05) is 0 Å². The topological polar surface area (TPSA) is 81.7 Å². The van der Waals surface area contributed by atoms with Crippen molar-refractivity contribution in [1.29, 1.82) is 10.5 Å². The maximum atomic E-state index is 10.7. The second kappa shape index (κ2) is 15.0. The van der Waals surface area contributed by atoms with Gasteiger partial charge in [0.2, 0.25) is 0 Å². The van der Waals surface area contributed by atoms with E-state index >= 15 is 0 Å². The zero-order chi connectivity index (χ0) is 16.7. The molecule has 0 atom stereocenters. The zero-order valence-corrected chi connectivity index (χ0v) is 13.3. The van der Waals surface area contributed by atoms with Crippen molar-refractivity contribution in [2.45, 2.75) is 71.6 Å². The van der Waals surface area contributed by atoms with Crippen LogP contribution in [0.4, 0.5) is 0 Å². The molecule has 128 valence electrons. The van der Waals surface area contributed by atoms with Crippen molar-refractivity contribution in [2.24, 2.45) is 11.3 Å². The Balaban J connectivity index is 0. The first kappa shape index (κ1) is 23.3. The third-order valence-corrected chi connectivity index (χ3v) is 4.27. The Morgan fingerprint density at radius 1 is 1.09 bits per heavy atom. The Labute approximate surface area is 141 Å². The van der Waals surface area contributed by atoms with Crippen LogP contribution in [0.1, 0.15) is 71.6 Å². The van der Waals surface area contributed by atoms with Crippen molar-refractivity contribution < 1.29 is 9.59 Å². The smallest absolute Gasteiger partial charge is 0.126 e. The molecule has 0 N–H and O–H groups in total. The molecule has 2 aliphatic carbocycles. The first-order valence-corrected chi connectivity index (χ1v) is 7.97. The fourth-order valence-corrected chi connectivity index (χ4v) is 2.90. The summed E-state index contributed by atoms with van der Waals surface area (Å²) in [6.07, 6.45) is 13.8. The third-order valence-electron chi connectivity index (χ3n) is 4.27. The van der Waals surface area contributed by atoms with Gasteiger partial charge in [-0.3, -0.25) is 0 Å². The number of hydrogen-bond donors (Lipinski definition) is 0. The predicted molar refractivity (Wildman–Crippen MR) is 92.4 cm³/mol. The summed E-state index contributed by atoms with van der Waals surface area (Å²) in [6, 6.07) is 3.79. The van der Waals surface area contributed by atoms with Crippen LogP contribution < -0.4 is 0 Å². The third kappa shape index (κ3) is 10.4. The molecular weight excluding hydrogens is 288 g/mol. The molecule has 2 aliphatic rings. The molecule has 0 aromatic rings. The fourth-order valence-electron chi connectivity index (χ4n) is 2.90. The van der Waals surface area contributed by atoms with E-state index in [4.69, 9.17) is 10.5 Å². The van der Waals surface area contributed by atoms with Crippen LogP contribution >= 0.6 is 0 Å². The Morgan fingerprint density at radius 3 is 1.91 bits per heavy atom. The molecule has 0 heterocycles. The maximum Gasteiger partial charge on any atom is 0.126 e. The van der Waals surface area contributed by atoms with Crippen molar-refractivity contribution in [1.82, 2.24) is 0 Å². The van der Waals surface area contributed by atoms with Gasteiger partial charge in [0.15, 0.2) is 0 Å². The van der Waals surface area contributed by atoms with Gasteiger partial charge in [0.05, 0.1) is 12.1 Å². The Hall–Kier alpha value is -1.94. The minimum atomic E-state index is -0.115. The van der Waals surface area contributed by atoms with Crippen LogP contribution in [-0.4, -0.2) is 12.6 Å². The summed E-state index contributed by atoms with van der Waals surface area (Å²) < 4.78 is 0. The molecule has 23 heavy (non-hydrogen) atoms. The van der Waals surface area contributed by atoms with E-state index in [0.29, 0.717) is 12.3 Å². The van der Waals surface area contributed by atoms with Gasteiger partial charge in [0.1, 0.15) is 12.6 Å². The molecule has 2 rings (SSSR count). The molecule has 0 saturated heterocycles. The molecule has 0 spiro atoms. The minimum Gasteiger partial charge on any atom is -0.303 e. The summed E-state index contributed by atoms with van der Waals surface area (Å²) in [5, 5.41) is 15.9. The quantitative estimate of drug-likeness (QED) is 0.553. The predicted octanol–water partition coefficient (Wildman–Crippen LogP) is 4.76. The molecule has 4 heteroatoms. The SMILES string of the molecule is C.C=CC#N.N#CCCC1(C=O)CCCC1.O=CC1CCCC1. The highest BCUT2D eigenvalue weighted by Gasteiger charge is 2.32. The van der Waals surface area contributed by atoms with Crippen LogP contribution in [0.15, 0.2) is 12.7 Å². The molecule has 2 fully saturated rings. The molecule has 0 aromatic carbocycles. The van der Waals surface area contributed by atoms with Crippen molar-refractivity contribution in [2.75, 3.05) is 0 Å². The number of rotatable bonds is 4. The van der Waals surface area contributed by atoms with Gasteiger partial charge in [0.25, 0.3) is 0 Å². The second-order valence-electron chi connectivity index (χ2n) is 5.86. The van der Waals surface area contributed by atoms with Gasteiger partial charge < -0.3 is 9.59 Å². The van der Waals surface area contributed by atoms with Crippen LogP contribution in [0.25, 0.3) is 0 Å². The van der Waals surface area contributed by atoms with Crippen LogP contribution in [0, 0.1) is 34.0 Å². The van der Waals surface area contributed by atoms with Crippen molar-refractivity contribution in [3.63, 3.8) is 0 Å². The highest BCUT2D eigenvalue weighted by Crippen LogP contribution is 2.39. The van der Waals surface area contributed by atoms with E-state index in [1.165, 1.54) is 18.9 Å². The maximum absolute atomic E-state index is 10.7. The Kier molecular flexibility index (Phi) is 15.2. The van der Waals surface area contributed by atoms with E-state index in [-0.39, 0.29) is 12.8 Å². The summed E-state index contributed by atoms with van der Waals surface area (Å²) in [7, 11) is 0. The van der Waals surface area contributed by atoms with Gasteiger partial charge in [-0.2, -0.15) is 10.5 Å². The van der Waals surface area contributed by atoms with Crippen molar-refractivity contribution in [3.8, 4) is 12.1 Å². The summed E-state index contributed by atoms with van der Waals surface area (Å²) in [6.45, 7) is 3.12. The molecule has 0 aliphatic heterocycles. The first-order valence-electron chi connectivity index (χ1n) is 7.97. The van der Waals surface area contributed by atoms with Gasteiger partial charge in [-0.1, -0.05) is 39.7 Å². The Morgan fingerprint density at radius 2 is 1.61 bits per heavy atom. The first-order chi connectivity index (χ1) is 10.7. The van der Waals surface area contributed by atoms with Crippen LogP contribution in [-0.2, 0) is 9.59 Å². The molecule has 0 unspecified atom stereocenters. The van der Waals surface area contributed by atoms with Gasteiger partial charge in [-0.25, -0.2) is 0 Å². The lowest BCUT2D eigenvalue weighted by atomic mass is 9.83. The molecule has 0 radical (unpaired) electrons.